The maximum absolute atomic E-state index is 13.1. The predicted molar refractivity (Wildman–Crippen MR) is 63.2 cm³/mol. The molecule has 0 aliphatic rings. The molecule has 0 bridgehead atoms. The minimum Gasteiger partial charge on any atom is -0.456 e. The molecule has 1 nitrogen and oxygen atoms in total. The normalized spacial score (nSPS) is 11.4. The average molecular weight is 214 g/mol. The molecule has 1 aromatic heterocycles. The summed E-state index contributed by atoms with van der Waals surface area (Å²) in [6.45, 7) is 4.06. The third-order valence-corrected chi connectivity index (χ3v) is 2.86. The van der Waals surface area contributed by atoms with Gasteiger partial charge in [0.25, 0.3) is 0 Å². The molecule has 1 heterocycles. The van der Waals surface area contributed by atoms with Gasteiger partial charge in [-0.05, 0) is 43.2 Å². The maximum atomic E-state index is 13.1. The van der Waals surface area contributed by atoms with Gasteiger partial charge >= 0.3 is 0 Å². The molecule has 0 atom stereocenters. The topological polar surface area (TPSA) is 13.1 Å². The highest BCUT2D eigenvalue weighted by atomic mass is 19.1. The van der Waals surface area contributed by atoms with Crippen LogP contribution < -0.4 is 0 Å². The highest BCUT2D eigenvalue weighted by Crippen LogP contribution is 2.31. The van der Waals surface area contributed by atoms with Gasteiger partial charge in [-0.1, -0.05) is 6.07 Å². The molecule has 2 aromatic carbocycles. The van der Waals surface area contributed by atoms with Gasteiger partial charge in [0.2, 0.25) is 0 Å². The zero-order valence-electron chi connectivity index (χ0n) is 9.17. The van der Waals surface area contributed by atoms with E-state index in [1.807, 2.05) is 6.92 Å². The molecule has 0 fully saturated rings. The Hall–Kier alpha value is -1.83. The molecule has 2 heteroatoms. The Morgan fingerprint density at radius 1 is 1.00 bits per heavy atom. The highest BCUT2D eigenvalue weighted by molar-refractivity contribution is 6.06. The minimum absolute atomic E-state index is 0.263. The predicted octanol–water partition coefficient (Wildman–Crippen LogP) is 4.34. The van der Waals surface area contributed by atoms with Crippen LogP contribution in [0.2, 0.25) is 0 Å². The van der Waals surface area contributed by atoms with Gasteiger partial charge in [0, 0.05) is 16.8 Å². The van der Waals surface area contributed by atoms with E-state index < -0.39 is 0 Å². The van der Waals surface area contributed by atoms with Crippen molar-refractivity contribution < 1.29 is 8.81 Å². The van der Waals surface area contributed by atoms with Gasteiger partial charge in [-0.25, -0.2) is 4.39 Å². The van der Waals surface area contributed by atoms with Crippen LogP contribution in [0.15, 0.2) is 34.7 Å². The van der Waals surface area contributed by atoms with Crippen molar-refractivity contribution in [3.8, 4) is 0 Å². The van der Waals surface area contributed by atoms with Crippen LogP contribution in [-0.2, 0) is 0 Å². The van der Waals surface area contributed by atoms with Crippen molar-refractivity contribution in [2.24, 2.45) is 0 Å². The van der Waals surface area contributed by atoms with E-state index in [-0.39, 0.29) is 5.82 Å². The number of benzene rings is 2. The van der Waals surface area contributed by atoms with Gasteiger partial charge < -0.3 is 4.42 Å². The third kappa shape index (κ3) is 1.23. The summed E-state index contributed by atoms with van der Waals surface area (Å²) in [6, 6.07) is 8.82. The van der Waals surface area contributed by atoms with Crippen molar-refractivity contribution in [2.45, 2.75) is 13.8 Å². The quantitative estimate of drug-likeness (QED) is 0.542. The van der Waals surface area contributed by atoms with Crippen LogP contribution >= 0.6 is 0 Å². The lowest BCUT2D eigenvalue weighted by molar-refractivity contribution is 0.618. The molecule has 80 valence electrons. The SMILES string of the molecule is Cc1cc(C)c2oc3cc(F)ccc3c2c1. The van der Waals surface area contributed by atoms with Crippen molar-refractivity contribution in [1.82, 2.24) is 0 Å². The van der Waals surface area contributed by atoms with Crippen LogP contribution in [0.3, 0.4) is 0 Å². The first-order valence-corrected chi connectivity index (χ1v) is 5.24. The van der Waals surface area contributed by atoms with Crippen molar-refractivity contribution in [1.29, 1.82) is 0 Å². The number of rotatable bonds is 0. The zero-order valence-corrected chi connectivity index (χ0v) is 9.17. The van der Waals surface area contributed by atoms with E-state index in [1.165, 1.54) is 17.7 Å². The lowest BCUT2D eigenvalue weighted by Crippen LogP contribution is -1.77. The average Bonchev–Trinajstić information content (AvgIpc) is 2.56. The number of aryl methyl sites for hydroxylation is 2. The second-order valence-corrected chi connectivity index (χ2v) is 4.20. The fourth-order valence-corrected chi connectivity index (χ4v) is 2.20. The molecule has 0 aliphatic carbocycles. The van der Waals surface area contributed by atoms with E-state index in [2.05, 4.69) is 19.1 Å². The number of fused-ring (bicyclic) bond motifs is 3. The van der Waals surface area contributed by atoms with Crippen LogP contribution in [0.4, 0.5) is 4.39 Å². The molecule has 0 saturated heterocycles. The summed E-state index contributed by atoms with van der Waals surface area (Å²) in [7, 11) is 0. The van der Waals surface area contributed by atoms with E-state index in [9.17, 15) is 4.39 Å². The molecule has 0 radical (unpaired) electrons. The largest absolute Gasteiger partial charge is 0.456 e. The van der Waals surface area contributed by atoms with Crippen molar-refractivity contribution in [3.05, 3.63) is 47.3 Å². The molecular formula is C14H11FO. The summed E-state index contributed by atoms with van der Waals surface area (Å²) < 4.78 is 18.8. The Morgan fingerprint density at radius 2 is 1.81 bits per heavy atom. The Balaban J connectivity index is 2.55. The second-order valence-electron chi connectivity index (χ2n) is 4.20. The number of hydrogen-bond donors (Lipinski definition) is 0. The molecule has 0 aliphatic heterocycles. The molecular weight excluding hydrogens is 203 g/mol. The maximum Gasteiger partial charge on any atom is 0.138 e. The van der Waals surface area contributed by atoms with E-state index in [0.717, 1.165) is 21.9 Å². The summed E-state index contributed by atoms with van der Waals surface area (Å²) in [5.74, 6) is -0.263. The van der Waals surface area contributed by atoms with E-state index in [0.29, 0.717) is 5.58 Å². The summed E-state index contributed by atoms with van der Waals surface area (Å²) in [6.07, 6.45) is 0. The van der Waals surface area contributed by atoms with Crippen molar-refractivity contribution in [2.75, 3.05) is 0 Å². The van der Waals surface area contributed by atoms with E-state index in [4.69, 9.17) is 4.42 Å². The van der Waals surface area contributed by atoms with Gasteiger partial charge in [-0.3, -0.25) is 0 Å². The summed E-state index contributed by atoms with van der Waals surface area (Å²) in [5, 5.41) is 2.04. The smallest absolute Gasteiger partial charge is 0.138 e. The molecule has 3 rings (SSSR count). The first-order chi connectivity index (χ1) is 7.65. The van der Waals surface area contributed by atoms with Crippen LogP contribution in [0.1, 0.15) is 11.1 Å². The first-order valence-electron chi connectivity index (χ1n) is 5.24. The van der Waals surface area contributed by atoms with E-state index >= 15 is 0 Å². The minimum atomic E-state index is -0.263. The molecule has 0 spiro atoms. The van der Waals surface area contributed by atoms with Gasteiger partial charge in [-0.15, -0.1) is 0 Å². The third-order valence-electron chi connectivity index (χ3n) is 2.86. The van der Waals surface area contributed by atoms with Crippen LogP contribution in [0, 0.1) is 19.7 Å². The summed E-state index contributed by atoms with van der Waals surface area (Å²) >= 11 is 0. The van der Waals surface area contributed by atoms with Crippen molar-refractivity contribution >= 4 is 21.9 Å². The Bertz CT molecular complexity index is 695. The standard InChI is InChI=1S/C14H11FO/c1-8-5-9(2)14-12(6-8)11-4-3-10(15)7-13(11)16-14/h3-7H,1-2H3. The monoisotopic (exact) mass is 214 g/mol. The van der Waals surface area contributed by atoms with E-state index in [1.54, 1.807) is 6.07 Å². The number of furan rings is 1. The molecule has 0 N–H and O–H groups in total. The fraction of sp³-hybridized carbons (Fsp3) is 0.143. The van der Waals surface area contributed by atoms with Crippen LogP contribution in [0.5, 0.6) is 0 Å². The summed E-state index contributed by atoms with van der Waals surface area (Å²) in [5.41, 5.74) is 3.75. The van der Waals surface area contributed by atoms with Crippen LogP contribution in [-0.4, -0.2) is 0 Å². The Morgan fingerprint density at radius 3 is 2.62 bits per heavy atom. The van der Waals surface area contributed by atoms with Crippen LogP contribution in [0.25, 0.3) is 21.9 Å². The zero-order chi connectivity index (χ0) is 11.3. The lowest BCUT2D eigenvalue weighted by atomic mass is 10.1. The van der Waals surface area contributed by atoms with Crippen molar-refractivity contribution in [3.63, 3.8) is 0 Å². The summed E-state index contributed by atoms with van der Waals surface area (Å²) in [4.78, 5) is 0. The fourth-order valence-electron chi connectivity index (χ4n) is 2.20. The van der Waals surface area contributed by atoms with Gasteiger partial charge in [0.05, 0.1) is 0 Å². The van der Waals surface area contributed by atoms with Gasteiger partial charge in [0.1, 0.15) is 17.0 Å². The second kappa shape index (κ2) is 3.08. The first kappa shape index (κ1) is 9.40. The molecule has 16 heavy (non-hydrogen) atoms. The highest BCUT2D eigenvalue weighted by Gasteiger charge is 2.09. The lowest BCUT2D eigenvalue weighted by Gasteiger charge is -1.96. The Labute approximate surface area is 92.5 Å². The number of halogens is 1. The molecule has 3 aromatic rings. The number of hydrogen-bond acceptors (Lipinski definition) is 1. The molecule has 0 saturated carbocycles. The van der Waals surface area contributed by atoms with Gasteiger partial charge in [0.15, 0.2) is 0 Å². The Kier molecular flexibility index (Phi) is 1.81. The molecule has 0 unspecified atom stereocenters. The molecule has 0 amide bonds. The van der Waals surface area contributed by atoms with Gasteiger partial charge in [-0.2, -0.15) is 0 Å².